The average Bonchev–Trinajstić information content (AvgIpc) is 2.19. The van der Waals surface area contributed by atoms with Crippen molar-refractivity contribution in [2.24, 2.45) is 0 Å². The smallest absolute Gasteiger partial charge is 0.0424 e. The van der Waals surface area contributed by atoms with E-state index in [4.69, 9.17) is 0 Å². The van der Waals surface area contributed by atoms with Gasteiger partial charge in [-0.2, -0.15) is 0 Å². The van der Waals surface area contributed by atoms with Gasteiger partial charge in [0, 0.05) is 17.2 Å². The Labute approximate surface area is 62.6 Å². The van der Waals surface area contributed by atoms with Crippen molar-refractivity contribution in [2.45, 2.75) is 32.4 Å². The molecule has 1 saturated heterocycles. The van der Waals surface area contributed by atoms with Gasteiger partial charge in [-0.25, -0.2) is 0 Å². The van der Waals surface area contributed by atoms with E-state index in [1.54, 1.807) is 0 Å². The van der Waals surface area contributed by atoms with Gasteiger partial charge in [-0.05, 0) is 13.8 Å². The molecular weight excluding hydrogens is 130 g/mol. The van der Waals surface area contributed by atoms with Gasteiger partial charge in [0.05, 0.1) is 0 Å². The third kappa shape index (κ3) is 3.82. The molecule has 1 rings (SSSR count). The topological polar surface area (TPSA) is 12.0 Å². The Kier molecular flexibility index (Phi) is 4.32. The summed E-state index contributed by atoms with van der Waals surface area (Å²) < 4.78 is 0.500. The summed E-state index contributed by atoms with van der Waals surface area (Å²) >= 11 is 1.99. The molecule has 9 heavy (non-hydrogen) atoms. The summed E-state index contributed by atoms with van der Waals surface area (Å²) in [6.07, 6.45) is 0. The fraction of sp³-hybridized carbons (Fsp3) is 1.00. The summed E-state index contributed by atoms with van der Waals surface area (Å²) in [6, 6.07) is 0. The molecule has 1 nitrogen and oxygen atoms in total. The SMILES string of the molecule is CC.CC1(C)CNCS1. The van der Waals surface area contributed by atoms with E-state index in [0.717, 1.165) is 12.4 Å². The Balaban J connectivity index is 0.000000291. The Bertz CT molecular complexity index is 63.3. The van der Waals surface area contributed by atoms with Crippen molar-refractivity contribution < 1.29 is 0 Å². The molecule has 1 aliphatic heterocycles. The van der Waals surface area contributed by atoms with E-state index in [1.165, 1.54) is 0 Å². The second-order valence-corrected chi connectivity index (χ2v) is 4.16. The van der Waals surface area contributed by atoms with Gasteiger partial charge in [0.1, 0.15) is 0 Å². The van der Waals surface area contributed by atoms with Gasteiger partial charge in [-0.3, -0.25) is 0 Å². The second kappa shape index (κ2) is 4.18. The van der Waals surface area contributed by atoms with Gasteiger partial charge in [-0.1, -0.05) is 13.8 Å². The zero-order valence-corrected chi connectivity index (χ0v) is 7.64. The molecule has 56 valence electrons. The minimum absolute atomic E-state index is 0.500. The lowest BCUT2D eigenvalue weighted by molar-refractivity contribution is 0.674. The van der Waals surface area contributed by atoms with Crippen molar-refractivity contribution >= 4 is 11.8 Å². The Hall–Kier alpha value is 0.310. The van der Waals surface area contributed by atoms with Crippen LogP contribution in [0.2, 0.25) is 0 Å². The predicted molar refractivity (Wildman–Crippen MR) is 45.9 cm³/mol. The molecular formula is C7H17NS. The first kappa shape index (κ1) is 9.31. The zero-order chi connectivity index (χ0) is 7.33. The highest BCUT2D eigenvalue weighted by molar-refractivity contribution is 8.00. The van der Waals surface area contributed by atoms with Crippen molar-refractivity contribution in [1.82, 2.24) is 5.32 Å². The van der Waals surface area contributed by atoms with Crippen molar-refractivity contribution in [1.29, 1.82) is 0 Å². The summed E-state index contributed by atoms with van der Waals surface area (Å²) in [5, 5.41) is 3.28. The molecule has 0 aromatic rings. The van der Waals surface area contributed by atoms with E-state index >= 15 is 0 Å². The third-order valence-corrected chi connectivity index (χ3v) is 2.39. The molecule has 0 aromatic carbocycles. The molecule has 1 aliphatic rings. The van der Waals surface area contributed by atoms with Gasteiger partial charge >= 0.3 is 0 Å². The summed E-state index contributed by atoms with van der Waals surface area (Å²) in [5.74, 6) is 1.13. The molecule has 1 heterocycles. The average molecular weight is 147 g/mol. The number of nitrogens with one attached hydrogen (secondary N) is 1. The van der Waals surface area contributed by atoms with E-state index in [1.807, 2.05) is 25.6 Å². The van der Waals surface area contributed by atoms with E-state index in [-0.39, 0.29) is 0 Å². The van der Waals surface area contributed by atoms with E-state index in [0.29, 0.717) is 4.75 Å². The highest BCUT2D eigenvalue weighted by Crippen LogP contribution is 2.26. The van der Waals surface area contributed by atoms with Crippen LogP contribution >= 0.6 is 11.8 Å². The number of hydrogen-bond donors (Lipinski definition) is 1. The van der Waals surface area contributed by atoms with Gasteiger partial charge in [0.15, 0.2) is 0 Å². The molecule has 0 saturated carbocycles. The highest BCUT2D eigenvalue weighted by atomic mass is 32.2. The maximum atomic E-state index is 3.28. The molecule has 0 amide bonds. The number of thioether (sulfide) groups is 1. The highest BCUT2D eigenvalue weighted by Gasteiger charge is 2.22. The summed E-state index contributed by atoms with van der Waals surface area (Å²) in [6.45, 7) is 9.69. The summed E-state index contributed by atoms with van der Waals surface area (Å²) in [4.78, 5) is 0. The van der Waals surface area contributed by atoms with E-state index in [2.05, 4.69) is 19.2 Å². The van der Waals surface area contributed by atoms with Crippen LogP contribution in [0.4, 0.5) is 0 Å². The lowest BCUT2D eigenvalue weighted by Gasteiger charge is -2.11. The molecule has 1 N–H and O–H groups in total. The van der Waals surface area contributed by atoms with Crippen LogP contribution in [0, 0.1) is 0 Å². The van der Waals surface area contributed by atoms with Crippen molar-refractivity contribution in [3.05, 3.63) is 0 Å². The zero-order valence-electron chi connectivity index (χ0n) is 6.82. The lowest BCUT2D eigenvalue weighted by Crippen LogP contribution is -2.20. The van der Waals surface area contributed by atoms with E-state index < -0.39 is 0 Å². The molecule has 0 aliphatic carbocycles. The Morgan fingerprint density at radius 1 is 1.33 bits per heavy atom. The van der Waals surface area contributed by atoms with E-state index in [9.17, 15) is 0 Å². The molecule has 0 atom stereocenters. The molecule has 2 heteroatoms. The molecule has 0 radical (unpaired) electrons. The standard InChI is InChI=1S/C5H11NS.C2H6/c1-5(2)3-6-4-7-5;1-2/h6H,3-4H2,1-2H3;1-2H3. The van der Waals surface area contributed by atoms with Gasteiger partial charge in [0.25, 0.3) is 0 Å². The van der Waals surface area contributed by atoms with Crippen LogP contribution in [0.1, 0.15) is 27.7 Å². The molecule has 1 fully saturated rings. The second-order valence-electron chi connectivity index (χ2n) is 2.48. The molecule has 0 aromatic heterocycles. The molecule has 0 unspecified atom stereocenters. The normalized spacial score (nSPS) is 22.7. The minimum atomic E-state index is 0.500. The van der Waals surface area contributed by atoms with Crippen LogP contribution in [-0.4, -0.2) is 17.2 Å². The van der Waals surface area contributed by atoms with Gasteiger partial charge < -0.3 is 5.32 Å². The fourth-order valence-corrected chi connectivity index (χ4v) is 1.45. The maximum absolute atomic E-state index is 3.28. The van der Waals surface area contributed by atoms with Crippen LogP contribution in [0.3, 0.4) is 0 Å². The quantitative estimate of drug-likeness (QED) is 0.563. The lowest BCUT2D eigenvalue weighted by atomic mass is 10.2. The van der Waals surface area contributed by atoms with Crippen molar-refractivity contribution in [2.75, 3.05) is 12.4 Å². The monoisotopic (exact) mass is 147 g/mol. The fourth-order valence-electron chi connectivity index (χ4n) is 0.649. The van der Waals surface area contributed by atoms with Crippen molar-refractivity contribution in [3.63, 3.8) is 0 Å². The first-order valence-corrected chi connectivity index (χ1v) is 4.54. The minimum Gasteiger partial charge on any atom is -0.306 e. The maximum Gasteiger partial charge on any atom is 0.0424 e. The van der Waals surface area contributed by atoms with Gasteiger partial charge in [0.2, 0.25) is 0 Å². The first-order chi connectivity index (χ1) is 4.21. The number of rotatable bonds is 0. The number of hydrogen-bond acceptors (Lipinski definition) is 2. The Morgan fingerprint density at radius 3 is 2.00 bits per heavy atom. The first-order valence-electron chi connectivity index (χ1n) is 3.55. The summed E-state index contributed by atoms with van der Waals surface area (Å²) in [5.41, 5.74) is 0. The Morgan fingerprint density at radius 2 is 1.89 bits per heavy atom. The van der Waals surface area contributed by atoms with Crippen LogP contribution < -0.4 is 5.32 Å². The van der Waals surface area contributed by atoms with Gasteiger partial charge in [-0.15, -0.1) is 11.8 Å². The van der Waals surface area contributed by atoms with Crippen LogP contribution in [0.25, 0.3) is 0 Å². The van der Waals surface area contributed by atoms with Crippen LogP contribution in [-0.2, 0) is 0 Å². The van der Waals surface area contributed by atoms with Crippen LogP contribution in [0.15, 0.2) is 0 Å². The van der Waals surface area contributed by atoms with Crippen molar-refractivity contribution in [3.8, 4) is 0 Å². The predicted octanol–water partition coefficient (Wildman–Crippen LogP) is 2.09. The molecule has 0 bridgehead atoms. The third-order valence-electron chi connectivity index (χ3n) is 1.12. The summed E-state index contributed by atoms with van der Waals surface area (Å²) in [7, 11) is 0. The van der Waals surface area contributed by atoms with Crippen LogP contribution in [0.5, 0.6) is 0 Å². The molecule has 0 spiro atoms. The largest absolute Gasteiger partial charge is 0.306 e.